The first-order chi connectivity index (χ1) is 16.7. The first-order valence-electron chi connectivity index (χ1n) is 14.0. The van der Waals surface area contributed by atoms with E-state index >= 15 is 0 Å². The molecule has 0 aromatic heterocycles. The van der Waals surface area contributed by atoms with Gasteiger partial charge in [-0.1, -0.05) is 12.1 Å². The molecule has 5 heteroatoms. The number of benzene rings is 1. The fourth-order valence-corrected chi connectivity index (χ4v) is 8.08. The average Bonchev–Trinajstić information content (AvgIpc) is 2.88. The summed E-state index contributed by atoms with van der Waals surface area (Å²) >= 11 is 0. The van der Waals surface area contributed by atoms with Crippen molar-refractivity contribution in [1.82, 2.24) is 5.32 Å². The lowest BCUT2D eigenvalue weighted by Gasteiger charge is -2.58. The van der Waals surface area contributed by atoms with Crippen molar-refractivity contribution in [2.75, 3.05) is 26.8 Å². The molecule has 5 nitrogen and oxygen atoms in total. The molecule has 1 aliphatic heterocycles. The van der Waals surface area contributed by atoms with Crippen LogP contribution >= 0.6 is 0 Å². The third-order valence-electron chi connectivity index (χ3n) is 9.88. The second-order valence-corrected chi connectivity index (χ2v) is 12.0. The molecule has 0 unspecified atom stereocenters. The van der Waals surface area contributed by atoms with Crippen LogP contribution < -0.4 is 10.1 Å². The molecule has 0 amide bonds. The molecule has 34 heavy (non-hydrogen) atoms. The van der Waals surface area contributed by atoms with Gasteiger partial charge in [-0.2, -0.15) is 0 Å². The first-order valence-corrected chi connectivity index (χ1v) is 14.0. The molecule has 5 saturated carbocycles. The molecule has 0 radical (unpaired) electrons. The van der Waals surface area contributed by atoms with Gasteiger partial charge in [0.1, 0.15) is 5.75 Å². The van der Waals surface area contributed by atoms with Gasteiger partial charge in [-0.15, -0.1) is 0 Å². The molecule has 7 rings (SSSR count). The van der Waals surface area contributed by atoms with Crippen molar-refractivity contribution < 1.29 is 19.2 Å². The fraction of sp³-hybridized carbons (Fsp3) is 0.793. The van der Waals surface area contributed by atoms with Crippen LogP contribution in [0.3, 0.4) is 0 Å². The van der Waals surface area contributed by atoms with E-state index in [4.69, 9.17) is 19.2 Å². The van der Waals surface area contributed by atoms with Gasteiger partial charge in [-0.25, -0.2) is 9.78 Å². The van der Waals surface area contributed by atoms with Crippen molar-refractivity contribution in [1.29, 1.82) is 0 Å². The van der Waals surface area contributed by atoms with E-state index in [0.717, 1.165) is 63.0 Å². The number of ether oxygens (including phenoxy) is 2. The average molecular weight is 470 g/mol. The number of nitrogens with one attached hydrogen (secondary N) is 1. The highest BCUT2D eigenvalue weighted by Crippen LogP contribution is 2.60. The summed E-state index contributed by atoms with van der Waals surface area (Å²) in [4.78, 5) is 12.4. The van der Waals surface area contributed by atoms with Crippen LogP contribution in [0.1, 0.15) is 82.1 Å². The lowest BCUT2D eigenvalue weighted by molar-refractivity contribution is -0.485. The van der Waals surface area contributed by atoms with Crippen LogP contribution in [0.5, 0.6) is 5.75 Å². The number of piperidine rings is 1. The van der Waals surface area contributed by atoms with E-state index in [1.807, 2.05) is 7.11 Å². The molecule has 0 spiro atoms. The van der Waals surface area contributed by atoms with Crippen LogP contribution in [0.15, 0.2) is 24.3 Å². The zero-order chi connectivity index (χ0) is 23.0. The van der Waals surface area contributed by atoms with Crippen LogP contribution in [0.4, 0.5) is 0 Å². The summed E-state index contributed by atoms with van der Waals surface area (Å²) in [6, 6.07) is 8.87. The van der Waals surface area contributed by atoms with E-state index in [9.17, 15) is 0 Å². The summed E-state index contributed by atoms with van der Waals surface area (Å²) in [5.74, 6) is 4.63. The fourth-order valence-electron chi connectivity index (χ4n) is 8.08. The Hall–Kier alpha value is -1.14. The Kier molecular flexibility index (Phi) is 6.90. The Bertz CT molecular complexity index is 769. The van der Waals surface area contributed by atoms with Crippen molar-refractivity contribution >= 4 is 0 Å². The van der Waals surface area contributed by atoms with E-state index in [-0.39, 0.29) is 6.10 Å². The Labute approximate surface area is 205 Å². The van der Waals surface area contributed by atoms with Gasteiger partial charge in [0.2, 0.25) is 5.79 Å². The highest BCUT2D eigenvalue weighted by atomic mass is 17.2. The van der Waals surface area contributed by atoms with Gasteiger partial charge in [0.05, 0.1) is 12.7 Å². The highest BCUT2D eigenvalue weighted by Gasteiger charge is 2.60. The summed E-state index contributed by atoms with van der Waals surface area (Å²) in [7, 11) is 1.84. The molecule has 1 aromatic rings. The monoisotopic (exact) mass is 469 g/mol. The minimum atomic E-state index is -0.492. The molecule has 4 bridgehead atoms. The van der Waals surface area contributed by atoms with Crippen LogP contribution in [0, 0.1) is 29.6 Å². The summed E-state index contributed by atoms with van der Waals surface area (Å²) in [5, 5.41) is 3.42. The van der Waals surface area contributed by atoms with E-state index in [1.165, 1.54) is 50.5 Å². The second-order valence-electron chi connectivity index (χ2n) is 12.0. The molecule has 1 aromatic carbocycles. The summed E-state index contributed by atoms with van der Waals surface area (Å²) in [5.41, 5.74) is 1.43. The van der Waals surface area contributed by atoms with Crippen LogP contribution in [-0.2, 0) is 14.5 Å². The smallest absolute Gasteiger partial charge is 0.207 e. The van der Waals surface area contributed by atoms with E-state index in [2.05, 4.69) is 29.6 Å². The third-order valence-corrected chi connectivity index (χ3v) is 9.88. The van der Waals surface area contributed by atoms with Crippen molar-refractivity contribution in [2.24, 2.45) is 29.6 Å². The number of methoxy groups -OCH3 is 1. The Morgan fingerprint density at radius 3 is 2.09 bits per heavy atom. The molecule has 1 saturated heterocycles. The molecule has 1 N–H and O–H groups in total. The highest BCUT2D eigenvalue weighted by molar-refractivity contribution is 5.29. The predicted molar refractivity (Wildman–Crippen MR) is 131 cm³/mol. The van der Waals surface area contributed by atoms with Crippen LogP contribution in [-0.4, -0.2) is 38.7 Å². The number of hydrogen-bond donors (Lipinski definition) is 1. The summed E-state index contributed by atoms with van der Waals surface area (Å²) in [6.07, 6.45) is 13.5. The van der Waals surface area contributed by atoms with Gasteiger partial charge in [-0.3, -0.25) is 0 Å². The van der Waals surface area contributed by atoms with Crippen LogP contribution in [0.25, 0.3) is 0 Å². The van der Waals surface area contributed by atoms with E-state index < -0.39 is 5.79 Å². The minimum Gasteiger partial charge on any atom is -0.493 e. The molecular weight excluding hydrogens is 426 g/mol. The van der Waals surface area contributed by atoms with Crippen molar-refractivity contribution in [3.05, 3.63) is 29.8 Å². The van der Waals surface area contributed by atoms with Gasteiger partial charge >= 0.3 is 0 Å². The summed E-state index contributed by atoms with van der Waals surface area (Å²) < 4.78 is 12.2. The van der Waals surface area contributed by atoms with Crippen molar-refractivity contribution in [2.45, 2.75) is 88.4 Å². The van der Waals surface area contributed by atoms with Gasteiger partial charge < -0.3 is 14.8 Å². The second kappa shape index (κ2) is 10.1. The van der Waals surface area contributed by atoms with Gasteiger partial charge in [0, 0.05) is 18.9 Å². The lowest BCUT2D eigenvalue weighted by atomic mass is 9.53. The molecule has 5 aliphatic carbocycles. The molecule has 6 aliphatic rings. The van der Waals surface area contributed by atoms with E-state index in [1.54, 1.807) is 0 Å². The Balaban J connectivity index is 0.973. The Morgan fingerprint density at radius 1 is 0.824 bits per heavy atom. The SMILES string of the molecule is COC1(OOC2CCC(c3ccc(OCC4CCNCC4)cc3)CC2)C2CC3CC(C2)CC1C3. The molecule has 1 heterocycles. The van der Waals surface area contributed by atoms with Gasteiger partial charge in [0.25, 0.3) is 0 Å². The normalized spacial score (nSPS) is 39.9. The van der Waals surface area contributed by atoms with Crippen molar-refractivity contribution in [3.8, 4) is 5.75 Å². The van der Waals surface area contributed by atoms with Crippen LogP contribution in [0.2, 0.25) is 0 Å². The minimum absolute atomic E-state index is 0.188. The summed E-state index contributed by atoms with van der Waals surface area (Å²) in [6.45, 7) is 3.09. The maximum absolute atomic E-state index is 6.29. The van der Waals surface area contributed by atoms with Gasteiger partial charge in [0.15, 0.2) is 0 Å². The molecule has 6 fully saturated rings. The Morgan fingerprint density at radius 2 is 1.47 bits per heavy atom. The largest absolute Gasteiger partial charge is 0.493 e. The zero-order valence-corrected chi connectivity index (χ0v) is 20.9. The first kappa shape index (κ1) is 23.3. The maximum atomic E-state index is 6.29. The third kappa shape index (κ3) is 4.66. The molecule has 0 atom stereocenters. The van der Waals surface area contributed by atoms with E-state index in [0.29, 0.717) is 23.7 Å². The predicted octanol–water partition coefficient (Wildman–Crippen LogP) is 5.84. The molecule has 188 valence electrons. The standard InChI is InChI=1S/C29H43NO4/c1-31-29(25-15-21-14-22(17-25)18-26(29)16-21)34-33-28-8-4-24(5-9-28)23-2-6-27(7-3-23)32-19-20-10-12-30-13-11-20/h2-3,6-7,20-22,24-26,28,30H,4-5,8-19H2,1H3. The zero-order valence-electron chi connectivity index (χ0n) is 20.9. The van der Waals surface area contributed by atoms with Gasteiger partial charge in [-0.05, 0) is 125 Å². The quantitative estimate of drug-likeness (QED) is 0.295. The topological polar surface area (TPSA) is 49.0 Å². The lowest BCUT2D eigenvalue weighted by Crippen LogP contribution is -2.60. The molecular formula is C29H43NO4. The number of rotatable bonds is 8. The number of hydrogen-bond acceptors (Lipinski definition) is 5. The maximum Gasteiger partial charge on any atom is 0.207 e. The van der Waals surface area contributed by atoms with Crippen molar-refractivity contribution in [3.63, 3.8) is 0 Å².